The van der Waals surface area contributed by atoms with E-state index in [2.05, 4.69) is 17.3 Å². The second-order valence-corrected chi connectivity index (χ2v) is 10.6. The van der Waals surface area contributed by atoms with Gasteiger partial charge in [0.2, 0.25) is 5.91 Å². The summed E-state index contributed by atoms with van der Waals surface area (Å²) in [5.41, 5.74) is 1.27. The Morgan fingerprint density at radius 3 is 2.58 bits per heavy atom. The van der Waals surface area contributed by atoms with Crippen molar-refractivity contribution in [3.8, 4) is 0 Å². The van der Waals surface area contributed by atoms with Gasteiger partial charge in [-0.2, -0.15) is 0 Å². The average Bonchev–Trinajstić information content (AvgIpc) is 3.42. The molecule has 1 N–H and O–H groups in total. The number of amides is 2. The Bertz CT molecular complexity index is 999. The lowest BCUT2D eigenvalue weighted by atomic mass is 9.91. The predicted octanol–water partition coefficient (Wildman–Crippen LogP) is 4.16. The van der Waals surface area contributed by atoms with Gasteiger partial charge in [0.05, 0.1) is 18.3 Å². The highest BCUT2D eigenvalue weighted by Crippen LogP contribution is 2.33. The molecule has 2 fully saturated rings. The van der Waals surface area contributed by atoms with Gasteiger partial charge >= 0.3 is 0 Å². The number of nitrogens with zero attached hydrogens (tertiary/aromatic N) is 3. The smallest absolute Gasteiger partial charge is 0.271 e. The number of carbonyl (C=O) groups is 2. The number of fused-ring (bicyclic) bond motifs is 3. The molecule has 2 aromatic rings. The van der Waals surface area contributed by atoms with Crippen molar-refractivity contribution in [3.63, 3.8) is 0 Å². The van der Waals surface area contributed by atoms with E-state index in [0.717, 1.165) is 37.7 Å². The van der Waals surface area contributed by atoms with Crippen molar-refractivity contribution in [1.82, 2.24) is 19.7 Å². The van der Waals surface area contributed by atoms with Crippen molar-refractivity contribution in [2.75, 3.05) is 20.1 Å². The lowest BCUT2D eigenvalue weighted by Gasteiger charge is -2.45. The van der Waals surface area contributed by atoms with Gasteiger partial charge < -0.3 is 24.1 Å². The number of likely N-dealkylation sites (N-methyl/N-ethyl adjacent to an activating group) is 1. The van der Waals surface area contributed by atoms with E-state index in [1.807, 2.05) is 28.5 Å². The summed E-state index contributed by atoms with van der Waals surface area (Å²) >= 11 is 0. The van der Waals surface area contributed by atoms with Crippen molar-refractivity contribution in [1.29, 1.82) is 0 Å². The third-order valence-electron chi connectivity index (χ3n) is 8.35. The number of rotatable bonds is 6. The molecular formula is C26H38N4O3. The van der Waals surface area contributed by atoms with Gasteiger partial charge in [0.15, 0.2) is 5.58 Å². The molecule has 2 aromatic heterocycles. The van der Waals surface area contributed by atoms with E-state index in [0.29, 0.717) is 30.4 Å². The van der Waals surface area contributed by atoms with Crippen LogP contribution in [0, 0.1) is 0 Å². The van der Waals surface area contributed by atoms with E-state index in [4.69, 9.17) is 4.42 Å². The second-order valence-electron chi connectivity index (χ2n) is 10.6. The maximum Gasteiger partial charge on any atom is 0.271 e. The third kappa shape index (κ3) is 4.20. The normalized spacial score (nSPS) is 25.1. The molecule has 3 aliphatic rings. The van der Waals surface area contributed by atoms with Crippen molar-refractivity contribution in [3.05, 3.63) is 24.1 Å². The summed E-state index contributed by atoms with van der Waals surface area (Å²) in [5, 5.41) is 3.31. The SMILES string of the molecule is CN(CCN1C(=O)c2cc3occc3n2C[C@@]1(C)C(=O)NC1CCCCC1)C1CCCCC1. The zero-order chi connectivity index (χ0) is 23.0. The lowest BCUT2D eigenvalue weighted by Crippen LogP contribution is -2.65. The standard InChI is InChI=1S/C26H38N4O3/c1-26(25(32)27-19-9-5-3-6-10-19)18-29-21-13-16-33-23(21)17-22(29)24(31)30(26)15-14-28(2)20-11-7-4-8-12-20/h13,16-17,19-20H,3-12,14-15,18H2,1-2H3,(H,27,32)/t26-/m0/s1. The van der Waals surface area contributed by atoms with E-state index >= 15 is 0 Å². The minimum atomic E-state index is -0.932. The average molecular weight is 455 g/mol. The molecular weight excluding hydrogens is 416 g/mol. The Morgan fingerprint density at radius 1 is 1.15 bits per heavy atom. The number of hydrogen-bond acceptors (Lipinski definition) is 4. The molecule has 1 atom stereocenters. The first-order valence-electron chi connectivity index (χ1n) is 12.9. The second kappa shape index (κ2) is 9.16. The zero-order valence-electron chi connectivity index (χ0n) is 20.1. The van der Waals surface area contributed by atoms with Crippen molar-refractivity contribution in [2.45, 2.75) is 95.3 Å². The van der Waals surface area contributed by atoms with Crippen molar-refractivity contribution >= 4 is 22.9 Å². The first-order valence-corrected chi connectivity index (χ1v) is 12.9. The first kappa shape index (κ1) is 22.5. The van der Waals surface area contributed by atoms with Gasteiger partial charge in [-0.05, 0) is 39.7 Å². The third-order valence-corrected chi connectivity index (χ3v) is 8.35. The molecule has 5 rings (SSSR count). The minimum Gasteiger partial charge on any atom is -0.463 e. The molecule has 3 heterocycles. The largest absolute Gasteiger partial charge is 0.463 e. The zero-order valence-corrected chi connectivity index (χ0v) is 20.1. The number of aromatic nitrogens is 1. The molecule has 0 unspecified atom stereocenters. The van der Waals surface area contributed by atoms with E-state index in [1.54, 1.807) is 6.26 Å². The Kier molecular flexibility index (Phi) is 6.25. The molecule has 0 radical (unpaired) electrons. The van der Waals surface area contributed by atoms with E-state index in [1.165, 1.54) is 38.5 Å². The molecule has 0 bridgehead atoms. The fraction of sp³-hybridized carbons (Fsp3) is 0.692. The van der Waals surface area contributed by atoms with Crippen LogP contribution in [-0.2, 0) is 11.3 Å². The van der Waals surface area contributed by atoms with Crippen LogP contribution in [0.1, 0.15) is 81.6 Å². The highest BCUT2D eigenvalue weighted by atomic mass is 16.3. The van der Waals surface area contributed by atoms with Crippen LogP contribution in [0.5, 0.6) is 0 Å². The predicted molar refractivity (Wildman–Crippen MR) is 128 cm³/mol. The Morgan fingerprint density at radius 2 is 1.85 bits per heavy atom. The molecule has 2 aliphatic carbocycles. The summed E-state index contributed by atoms with van der Waals surface area (Å²) in [6.07, 6.45) is 13.6. The van der Waals surface area contributed by atoms with Gasteiger partial charge in [-0.15, -0.1) is 0 Å². The number of hydrogen-bond donors (Lipinski definition) is 1. The molecule has 1 aliphatic heterocycles. The maximum absolute atomic E-state index is 13.8. The van der Waals surface area contributed by atoms with Gasteiger partial charge in [0.25, 0.3) is 5.91 Å². The van der Waals surface area contributed by atoms with Crippen molar-refractivity contribution < 1.29 is 14.0 Å². The number of furan rings is 1. The summed E-state index contributed by atoms with van der Waals surface area (Å²) in [5.74, 6) is -0.106. The highest BCUT2D eigenvalue weighted by molar-refractivity contribution is 6.02. The first-order chi connectivity index (χ1) is 16.0. The fourth-order valence-corrected chi connectivity index (χ4v) is 6.17. The number of nitrogens with one attached hydrogen (secondary N) is 1. The van der Waals surface area contributed by atoms with Crippen LogP contribution in [-0.4, -0.2) is 63.9 Å². The Hall–Kier alpha value is -2.28. The molecule has 7 heteroatoms. The Labute approximate surface area is 196 Å². The van der Waals surface area contributed by atoms with Gasteiger partial charge in [0, 0.05) is 37.3 Å². The van der Waals surface area contributed by atoms with Gasteiger partial charge in [0.1, 0.15) is 11.2 Å². The van der Waals surface area contributed by atoms with Crippen LogP contribution in [0.2, 0.25) is 0 Å². The summed E-state index contributed by atoms with van der Waals surface area (Å²) in [6, 6.07) is 4.50. The summed E-state index contributed by atoms with van der Waals surface area (Å²) in [6.45, 7) is 3.72. The highest BCUT2D eigenvalue weighted by Gasteiger charge is 2.48. The minimum absolute atomic E-state index is 0.0286. The maximum atomic E-state index is 13.8. The van der Waals surface area contributed by atoms with Crippen molar-refractivity contribution in [2.24, 2.45) is 0 Å². The van der Waals surface area contributed by atoms with Crippen LogP contribution in [0.15, 0.2) is 22.8 Å². The molecule has 2 saturated carbocycles. The van der Waals surface area contributed by atoms with Gasteiger partial charge in [-0.3, -0.25) is 9.59 Å². The van der Waals surface area contributed by atoms with E-state index in [-0.39, 0.29) is 17.9 Å². The van der Waals surface area contributed by atoms with Crippen LogP contribution >= 0.6 is 0 Å². The Balaban J connectivity index is 1.40. The van der Waals surface area contributed by atoms with Crippen LogP contribution in [0.4, 0.5) is 0 Å². The topological polar surface area (TPSA) is 70.7 Å². The lowest BCUT2D eigenvalue weighted by molar-refractivity contribution is -0.134. The van der Waals surface area contributed by atoms with E-state index in [9.17, 15) is 9.59 Å². The summed E-state index contributed by atoms with van der Waals surface area (Å²) in [7, 11) is 2.17. The molecule has 0 saturated heterocycles. The van der Waals surface area contributed by atoms with Gasteiger partial charge in [-0.25, -0.2) is 0 Å². The molecule has 0 spiro atoms. The summed E-state index contributed by atoms with van der Waals surface area (Å²) < 4.78 is 7.56. The van der Waals surface area contributed by atoms with E-state index < -0.39 is 5.54 Å². The molecule has 180 valence electrons. The summed E-state index contributed by atoms with van der Waals surface area (Å²) in [4.78, 5) is 31.7. The molecule has 2 amide bonds. The monoisotopic (exact) mass is 454 g/mol. The number of carbonyl (C=O) groups excluding carboxylic acids is 2. The van der Waals surface area contributed by atoms with Crippen LogP contribution < -0.4 is 5.32 Å². The van der Waals surface area contributed by atoms with Crippen LogP contribution in [0.25, 0.3) is 11.1 Å². The van der Waals surface area contributed by atoms with Crippen LogP contribution in [0.3, 0.4) is 0 Å². The molecule has 0 aromatic carbocycles. The quantitative estimate of drug-likeness (QED) is 0.711. The molecule has 7 nitrogen and oxygen atoms in total. The van der Waals surface area contributed by atoms with Gasteiger partial charge in [-0.1, -0.05) is 38.5 Å². The fourth-order valence-electron chi connectivity index (χ4n) is 6.17. The molecule has 33 heavy (non-hydrogen) atoms.